The number of hydrogen-bond donors (Lipinski definition) is 0. The molecule has 36 heavy (non-hydrogen) atoms. The van der Waals surface area contributed by atoms with E-state index in [-0.39, 0.29) is 6.79 Å². The minimum atomic E-state index is 0.246. The molecular weight excluding hydrogens is 456 g/mol. The maximum absolute atomic E-state index is 5.73. The maximum Gasteiger partial charge on any atom is 0.231 e. The molecule has 1 aromatic heterocycles. The lowest BCUT2D eigenvalue weighted by Crippen LogP contribution is -2.03. The Kier molecular flexibility index (Phi) is 6.54. The lowest BCUT2D eigenvalue weighted by Gasteiger charge is -2.14. The maximum atomic E-state index is 5.73. The van der Waals surface area contributed by atoms with Gasteiger partial charge in [0.25, 0.3) is 0 Å². The van der Waals surface area contributed by atoms with E-state index in [9.17, 15) is 0 Å². The van der Waals surface area contributed by atoms with Crippen molar-refractivity contribution < 1.29 is 23.8 Å². The van der Waals surface area contributed by atoms with Crippen LogP contribution in [0.4, 0.5) is 0 Å². The van der Waals surface area contributed by atoms with Gasteiger partial charge in [-0.05, 0) is 61.9 Å². The van der Waals surface area contributed by atoms with E-state index in [0.717, 1.165) is 62.5 Å². The molecule has 0 bridgehead atoms. The second kappa shape index (κ2) is 10.1. The Morgan fingerprint density at radius 1 is 0.889 bits per heavy atom. The molecule has 3 aromatic carbocycles. The SMILES string of the molecule is COc1cccc(-c2cc(/C(C)=N\OCc3ccc4c(c3)OCO4)c(C)n2-c2cccc(OC)c2)c1. The van der Waals surface area contributed by atoms with Gasteiger partial charge >= 0.3 is 0 Å². The molecule has 0 saturated carbocycles. The molecule has 1 aliphatic heterocycles. The summed E-state index contributed by atoms with van der Waals surface area (Å²) in [6.07, 6.45) is 0. The van der Waals surface area contributed by atoms with Gasteiger partial charge in [0.05, 0.1) is 25.6 Å². The first-order valence-electron chi connectivity index (χ1n) is 11.6. The highest BCUT2D eigenvalue weighted by Crippen LogP contribution is 2.34. The molecule has 0 saturated heterocycles. The third-order valence-corrected chi connectivity index (χ3v) is 6.18. The number of nitrogens with zero attached hydrogens (tertiary/aromatic N) is 2. The minimum Gasteiger partial charge on any atom is -0.497 e. The van der Waals surface area contributed by atoms with Crippen molar-refractivity contribution in [1.82, 2.24) is 4.57 Å². The molecule has 1 aliphatic rings. The van der Waals surface area contributed by atoms with Gasteiger partial charge in [-0.1, -0.05) is 29.4 Å². The lowest BCUT2D eigenvalue weighted by molar-refractivity contribution is 0.130. The molecule has 0 fully saturated rings. The highest BCUT2D eigenvalue weighted by Gasteiger charge is 2.18. The molecule has 0 unspecified atom stereocenters. The van der Waals surface area contributed by atoms with Gasteiger partial charge in [-0.15, -0.1) is 0 Å². The van der Waals surface area contributed by atoms with Crippen LogP contribution in [0.25, 0.3) is 16.9 Å². The van der Waals surface area contributed by atoms with Crippen LogP contribution < -0.4 is 18.9 Å². The summed E-state index contributed by atoms with van der Waals surface area (Å²) in [5.41, 5.74) is 6.79. The van der Waals surface area contributed by atoms with Crippen LogP contribution in [0.15, 0.2) is 78.0 Å². The number of ether oxygens (including phenoxy) is 4. The van der Waals surface area contributed by atoms with Gasteiger partial charge in [0.2, 0.25) is 6.79 Å². The molecule has 2 heterocycles. The monoisotopic (exact) mass is 484 g/mol. The molecule has 0 radical (unpaired) electrons. The van der Waals surface area contributed by atoms with E-state index in [1.54, 1.807) is 14.2 Å². The number of rotatable bonds is 8. The first-order chi connectivity index (χ1) is 17.6. The number of oxime groups is 1. The van der Waals surface area contributed by atoms with E-state index in [4.69, 9.17) is 23.8 Å². The van der Waals surface area contributed by atoms with Crippen molar-refractivity contribution in [1.29, 1.82) is 0 Å². The molecule has 0 aliphatic carbocycles. The normalized spacial score (nSPS) is 12.5. The second-order valence-corrected chi connectivity index (χ2v) is 8.44. The zero-order chi connectivity index (χ0) is 25.1. The molecule has 7 heteroatoms. The van der Waals surface area contributed by atoms with Crippen molar-refractivity contribution in [2.45, 2.75) is 20.5 Å². The minimum absolute atomic E-state index is 0.246. The van der Waals surface area contributed by atoms with Gasteiger partial charge in [-0.3, -0.25) is 0 Å². The summed E-state index contributed by atoms with van der Waals surface area (Å²) < 4.78 is 24.0. The zero-order valence-corrected chi connectivity index (χ0v) is 20.8. The third-order valence-electron chi connectivity index (χ3n) is 6.18. The first-order valence-corrected chi connectivity index (χ1v) is 11.6. The van der Waals surface area contributed by atoms with Gasteiger partial charge in [-0.2, -0.15) is 0 Å². The van der Waals surface area contributed by atoms with Crippen molar-refractivity contribution in [3.8, 4) is 39.9 Å². The molecule has 0 atom stereocenters. The Bertz CT molecular complexity index is 1420. The number of fused-ring (bicyclic) bond motifs is 1. The molecule has 0 amide bonds. The van der Waals surface area contributed by atoms with Gasteiger partial charge in [-0.25, -0.2) is 0 Å². The standard InChI is InChI=1S/C29H28N2O5/c1-19(30-36-17-21-11-12-28-29(13-21)35-18-34-28)26-16-27(22-7-5-9-24(14-22)32-3)31(20(26)2)23-8-6-10-25(15-23)33-4/h5-16H,17-18H2,1-4H3/b30-19-. The highest BCUT2D eigenvalue weighted by atomic mass is 16.7. The largest absolute Gasteiger partial charge is 0.497 e. The van der Waals surface area contributed by atoms with Gasteiger partial charge in [0.15, 0.2) is 11.5 Å². The van der Waals surface area contributed by atoms with Crippen molar-refractivity contribution >= 4 is 5.71 Å². The van der Waals surface area contributed by atoms with Crippen molar-refractivity contribution in [3.63, 3.8) is 0 Å². The number of benzene rings is 3. The molecule has 0 spiro atoms. The summed E-state index contributed by atoms with van der Waals surface area (Å²) >= 11 is 0. The number of methoxy groups -OCH3 is 2. The highest BCUT2D eigenvalue weighted by molar-refractivity contribution is 6.01. The van der Waals surface area contributed by atoms with E-state index in [1.165, 1.54) is 0 Å². The Hall–Kier alpha value is -4.39. The van der Waals surface area contributed by atoms with Crippen LogP contribution in [-0.4, -0.2) is 31.3 Å². The zero-order valence-electron chi connectivity index (χ0n) is 20.8. The van der Waals surface area contributed by atoms with Crippen LogP contribution in [0.3, 0.4) is 0 Å². The quantitative estimate of drug-likeness (QED) is 0.222. The Morgan fingerprint density at radius 2 is 1.64 bits per heavy atom. The molecule has 5 rings (SSSR count). The summed E-state index contributed by atoms with van der Waals surface area (Å²) in [5.74, 6) is 3.06. The van der Waals surface area contributed by atoms with Crippen LogP contribution in [0.5, 0.6) is 23.0 Å². The predicted octanol–water partition coefficient (Wildman–Crippen LogP) is 6.14. The van der Waals surface area contributed by atoms with E-state index < -0.39 is 0 Å². The van der Waals surface area contributed by atoms with Crippen molar-refractivity contribution in [2.75, 3.05) is 21.0 Å². The average Bonchev–Trinajstić information content (AvgIpc) is 3.52. The average molecular weight is 485 g/mol. The lowest BCUT2D eigenvalue weighted by atomic mass is 10.1. The Morgan fingerprint density at radius 3 is 2.44 bits per heavy atom. The number of aromatic nitrogens is 1. The summed E-state index contributed by atoms with van der Waals surface area (Å²) in [7, 11) is 3.34. The summed E-state index contributed by atoms with van der Waals surface area (Å²) in [4.78, 5) is 5.73. The van der Waals surface area contributed by atoms with Gasteiger partial charge in [0.1, 0.15) is 18.1 Å². The van der Waals surface area contributed by atoms with Gasteiger partial charge < -0.3 is 28.4 Å². The third kappa shape index (κ3) is 4.60. The number of hydrogen-bond acceptors (Lipinski definition) is 6. The van der Waals surface area contributed by atoms with E-state index in [2.05, 4.69) is 34.8 Å². The van der Waals surface area contributed by atoms with E-state index >= 15 is 0 Å². The summed E-state index contributed by atoms with van der Waals surface area (Å²) in [5, 5.41) is 4.44. The van der Waals surface area contributed by atoms with E-state index in [1.807, 2.05) is 61.5 Å². The Balaban J connectivity index is 1.49. The molecule has 7 nitrogen and oxygen atoms in total. The molecule has 0 N–H and O–H groups in total. The summed E-state index contributed by atoms with van der Waals surface area (Å²) in [6.45, 7) is 4.60. The van der Waals surface area contributed by atoms with E-state index in [0.29, 0.717) is 6.61 Å². The van der Waals surface area contributed by atoms with Crippen molar-refractivity contribution in [3.05, 3.63) is 89.6 Å². The van der Waals surface area contributed by atoms with Crippen LogP contribution in [0.2, 0.25) is 0 Å². The molecule has 184 valence electrons. The topological polar surface area (TPSA) is 63.4 Å². The van der Waals surface area contributed by atoms with Crippen LogP contribution >= 0.6 is 0 Å². The van der Waals surface area contributed by atoms with Crippen molar-refractivity contribution in [2.24, 2.45) is 5.16 Å². The summed E-state index contributed by atoms with van der Waals surface area (Å²) in [6, 6.07) is 23.9. The fraction of sp³-hybridized carbons (Fsp3) is 0.207. The fourth-order valence-corrected chi connectivity index (χ4v) is 4.33. The van der Waals surface area contributed by atoms with Gasteiger partial charge in [0, 0.05) is 28.6 Å². The first kappa shape index (κ1) is 23.4. The smallest absolute Gasteiger partial charge is 0.231 e. The van der Waals surface area contributed by atoms with Crippen LogP contribution in [-0.2, 0) is 11.4 Å². The van der Waals surface area contributed by atoms with Crippen LogP contribution in [0.1, 0.15) is 23.7 Å². The molecular formula is C29H28N2O5. The predicted molar refractivity (Wildman–Crippen MR) is 139 cm³/mol. The Labute approximate surface area is 210 Å². The fourth-order valence-electron chi connectivity index (χ4n) is 4.33. The molecule has 4 aromatic rings. The van der Waals surface area contributed by atoms with Crippen LogP contribution in [0, 0.1) is 6.92 Å². The second-order valence-electron chi connectivity index (χ2n) is 8.44.